The van der Waals surface area contributed by atoms with Crippen molar-refractivity contribution in [2.24, 2.45) is 0 Å². The summed E-state index contributed by atoms with van der Waals surface area (Å²) in [5.74, 6) is -0.989. The molecule has 9 nitrogen and oxygen atoms in total. The summed E-state index contributed by atoms with van der Waals surface area (Å²) in [4.78, 5) is -0.00842. The smallest absolute Gasteiger partial charge is 0.294 e. The van der Waals surface area contributed by atoms with Gasteiger partial charge in [0, 0.05) is 0 Å². The van der Waals surface area contributed by atoms with Crippen LogP contribution in [0.5, 0.6) is 0 Å². The minimum absolute atomic E-state index is 0.00842. The Balaban J connectivity index is 2.36. The number of rotatable bonds is 17. The van der Waals surface area contributed by atoms with Crippen molar-refractivity contribution >= 4 is 10.1 Å². The van der Waals surface area contributed by atoms with Gasteiger partial charge in [-0.3, -0.25) is 20.5 Å². The summed E-state index contributed by atoms with van der Waals surface area (Å²) in [7, 11) is -4.19. The van der Waals surface area contributed by atoms with E-state index in [1.807, 2.05) is 0 Å². The average molecular weight is 476 g/mol. The van der Waals surface area contributed by atoms with Crippen LogP contribution < -0.4 is 16.0 Å². The molecule has 0 aliphatic heterocycles. The molecule has 0 saturated heterocycles. The van der Waals surface area contributed by atoms with Crippen LogP contribution in [0.25, 0.3) is 0 Å². The van der Waals surface area contributed by atoms with Gasteiger partial charge in [-0.15, -0.1) is 0 Å². The average Bonchev–Trinajstić information content (AvgIpc) is 2.64. The Morgan fingerprint density at radius 1 is 0.781 bits per heavy atom. The van der Waals surface area contributed by atoms with Gasteiger partial charge < -0.3 is 15.3 Å². The molecule has 0 aliphatic rings. The molecule has 0 aromatic heterocycles. The predicted molar refractivity (Wildman–Crippen MR) is 124 cm³/mol. The standard InChI is InChI=1S/C22H41N3O6S/c1-17(26)23-22(24-18(2)27,25-19(3)28)16-12-8-6-4-5-7-9-13-20-14-10-11-15-21(20)32(29,30)31/h10-11,14-15,17-19,23-28H,4-9,12-13,16H2,1-3H3,(H,29,30,31). The van der Waals surface area contributed by atoms with Crippen molar-refractivity contribution in [2.75, 3.05) is 0 Å². The molecule has 0 amide bonds. The SMILES string of the molecule is CC(O)NC(CCCCCCCCCc1ccccc1S(=O)(=O)O)(NC(C)O)NC(C)O. The van der Waals surface area contributed by atoms with Crippen LogP contribution in [0.3, 0.4) is 0 Å². The van der Waals surface area contributed by atoms with E-state index in [1.54, 1.807) is 39.0 Å². The number of aliphatic hydroxyl groups is 3. The van der Waals surface area contributed by atoms with Gasteiger partial charge in [-0.25, -0.2) is 0 Å². The van der Waals surface area contributed by atoms with Crippen molar-refractivity contribution in [3.8, 4) is 0 Å². The predicted octanol–water partition coefficient (Wildman–Crippen LogP) is 2.03. The summed E-state index contributed by atoms with van der Waals surface area (Å²) in [6.07, 6.45) is 5.36. The zero-order valence-corrected chi connectivity index (χ0v) is 20.2. The molecule has 10 heteroatoms. The Bertz CT molecular complexity index is 729. The third-order valence-corrected chi connectivity index (χ3v) is 6.07. The van der Waals surface area contributed by atoms with E-state index in [1.165, 1.54) is 6.07 Å². The lowest BCUT2D eigenvalue weighted by Crippen LogP contribution is -2.71. The summed E-state index contributed by atoms with van der Waals surface area (Å²) < 4.78 is 32.2. The zero-order valence-electron chi connectivity index (χ0n) is 19.4. The highest BCUT2D eigenvalue weighted by molar-refractivity contribution is 7.85. The van der Waals surface area contributed by atoms with E-state index in [0.717, 1.165) is 44.9 Å². The van der Waals surface area contributed by atoms with Crippen LogP contribution in [0, 0.1) is 0 Å². The third-order valence-electron chi connectivity index (χ3n) is 5.11. The normalized spacial score (nSPS) is 17.0. The van der Waals surface area contributed by atoms with Crippen LogP contribution in [0.15, 0.2) is 29.2 Å². The number of hydrogen-bond donors (Lipinski definition) is 7. The van der Waals surface area contributed by atoms with Gasteiger partial charge >= 0.3 is 0 Å². The number of unbranched alkanes of at least 4 members (excludes halogenated alkanes) is 6. The van der Waals surface area contributed by atoms with Crippen LogP contribution in [0.2, 0.25) is 0 Å². The first-order chi connectivity index (χ1) is 14.9. The molecule has 1 rings (SSSR count). The van der Waals surface area contributed by atoms with Crippen LogP contribution in [-0.4, -0.2) is 52.8 Å². The fourth-order valence-corrected chi connectivity index (χ4v) is 4.71. The van der Waals surface area contributed by atoms with Crippen molar-refractivity contribution in [1.29, 1.82) is 0 Å². The molecule has 0 aliphatic carbocycles. The van der Waals surface area contributed by atoms with Crippen molar-refractivity contribution in [3.05, 3.63) is 29.8 Å². The number of nitrogens with one attached hydrogen (secondary N) is 3. The Labute approximate surface area is 192 Å². The van der Waals surface area contributed by atoms with E-state index >= 15 is 0 Å². The molecule has 7 N–H and O–H groups in total. The van der Waals surface area contributed by atoms with Crippen LogP contribution in [-0.2, 0) is 16.5 Å². The minimum atomic E-state index is -4.19. The lowest BCUT2D eigenvalue weighted by Gasteiger charge is -2.40. The van der Waals surface area contributed by atoms with Crippen molar-refractivity contribution < 1.29 is 28.3 Å². The molecule has 186 valence electrons. The van der Waals surface area contributed by atoms with Crippen molar-refractivity contribution in [2.45, 2.75) is 108 Å². The Morgan fingerprint density at radius 3 is 1.69 bits per heavy atom. The lowest BCUT2D eigenvalue weighted by molar-refractivity contribution is -0.0152. The molecule has 0 heterocycles. The van der Waals surface area contributed by atoms with E-state index in [4.69, 9.17) is 0 Å². The number of aryl methyl sites for hydroxylation is 1. The van der Waals surface area contributed by atoms with Gasteiger partial charge in [-0.05, 0) is 58.1 Å². The van der Waals surface area contributed by atoms with Gasteiger partial charge in [0.05, 0.1) is 4.90 Å². The second kappa shape index (κ2) is 14.2. The molecule has 0 fully saturated rings. The maximum Gasteiger partial charge on any atom is 0.294 e. The van der Waals surface area contributed by atoms with Crippen molar-refractivity contribution in [3.63, 3.8) is 0 Å². The molecule has 0 spiro atoms. The molecule has 1 aromatic rings. The first-order valence-corrected chi connectivity index (χ1v) is 12.8. The molecule has 3 atom stereocenters. The zero-order chi connectivity index (χ0) is 24.2. The fourth-order valence-electron chi connectivity index (χ4n) is 3.96. The van der Waals surface area contributed by atoms with Gasteiger partial charge in [0.25, 0.3) is 10.1 Å². The molecule has 0 bridgehead atoms. The summed E-state index contributed by atoms with van der Waals surface area (Å²) in [5, 5.41) is 38.2. The summed E-state index contributed by atoms with van der Waals surface area (Å²) in [6.45, 7) is 4.74. The summed E-state index contributed by atoms with van der Waals surface area (Å²) in [5.41, 5.74) is 0.646. The van der Waals surface area contributed by atoms with E-state index in [2.05, 4.69) is 16.0 Å². The highest BCUT2D eigenvalue weighted by atomic mass is 32.2. The maximum atomic E-state index is 11.4. The molecule has 3 unspecified atom stereocenters. The maximum absolute atomic E-state index is 11.4. The van der Waals surface area contributed by atoms with Gasteiger partial charge in [0.2, 0.25) is 0 Å². The molecular weight excluding hydrogens is 434 g/mol. The topological polar surface area (TPSA) is 151 Å². The lowest BCUT2D eigenvalue weighted by atomic mass is 10.0. The summed E-state index contributed by atoms with van der Waals surface area (Å²) in [6, 6.07) is 6.54. The molecule has 32 heavy (non-hydrogen) atoms. The second-order valence-corrected chi connectivity index (χ2v) is 9.81. The van der Waals surface area contributed by atoms with Crippen molar-refractivity contribution in [1.82, 2.24) is 16.0 Å². The number of benzene rings is 1. The first kappa shape index (κ1) is 28.9. The van der Waals surface area contributed by atoms with Gasteiger partial charge in [-0.1, -0.05) is 50.3 Å². The molecule has 1 aromatic carbocycles. The Morgan fingerprint density at radius 2 is 1.22 bits per heavy atom. The minimum Gasteiger partial charge on any atom is -0.379 e. The number of aliphatic hydroxyl groups excluding tert-OH is 3. The van der Waals surface area contributed by atoms with Gasteiger partial charge in [0.1, 0.15) is 24.5 Å². The quantitative estimate of drug-likeness (QED) is 0.102. The highest BCUT2D eigenvalue weighted by Gasteiger charge is 2.32. The van der Waals surface area contributed by atoms with Crippen LogP contribution in [0.4, 0.5) is 0 Å². The van der Waals surface area contributed by atoms with E-state index in [-0.39, 0.29) is 4.90 Å². The van der Waals surface area contributed by atoms with Crippen LogP contribution in [0.1, 0.15) is 77.7 Å². The van der Waals surface area contributed by atoms with Gasteiger partial charge in [0.15, 0.2) is 0 Å². The van der Waals surface area contributed by atoms with E-state index in [9.17, 15) is 28.3 Å². The molecule has 0 saturated carbocycles. The first-order valence-electron chi connectivity index (χ1n) is 11.4. The summed E-state index contributed by atoms with van der Waals surface area (Å²) >= 11 is 0. The third kappa shape index (κ3) is 11.7. The van der Waals surface area contributed by atoms with E-state index in [0.29, 0.717) is 18.4 Å². The monoisotopic (exact) mass is 475 g/mol. The Hall–Kier alpha value is -1.11. The second-order valence-electron chi connectivity index (χ2n) is 8.42. The van der Waals surface area contributed by atoms with Gasteiger partial charge in [-0.2, -0.15) is 8.42 Å². The highest BCUT2D eigenvalue weighted by Crippen LogP contribution is 2.19. The molecular formula is C22H41N3O6S. The van der Waals surface area contributed by atoms with Crippen LogP contribution >= 0.6 is 0 Å². The Kier molecular flexibility index (Phi) is 12.8. The molecule has 0 radical (unpaired) electrons. The largest absolute Gasteiger partial charge is 0.379 e. The fraction of sp³-hybridized carbons (Fsp3) is 0.727. The van der Waals surface area contributed by atoms with E-state index < -0.39 is 34.6 Å². The number of hydrogen-bond acceptors (Lipinski definition) is 8.